The van der Waals surface area contributed by atoms with E-state index in [-0.39, 0.29) is 0 Å². The van der Waals surface area contributed by atoms with Crippen LogP contribution in [0.5, 0.6) is 0 Å². The molecule has 0 bridgehead atoms. The van der Waals surface area contributed by atoms with Crippen molar-refractivity contribution < 1.29 is 4.42 Å². The van der Waals surface area contributed by atoms with Crippen molar-refractivity contribution in [2.75, 3.05) is 6.54 Å². The molecule has 1 fully saturated rings. The van der Waals surface area contributed by atoms with Crippen LogP contribution in [0.25, 0.3) is 0 Å². The van der Waals surface area contributed by atoms with E-state index in [4.69, 9.17) is 4.42 Å². The van der Waals surface area contributed by atoms with E-state index < -0.39 is 0 Å². The molecule has 1 aliphatic carbocycles. The summed E-state index contributed by atoms with van der Waals surface area (Å²) < 4.78 is 5.47. The molecule has 4 heteroatoms. The Labute approximate surface area is 114 Å². The summed E-state index contributed by atoms with van der Waals surface area (Å²) in [6, 6.07) is 0.551. The Morgan fingerprint density at radius 2 is 2.33 bits per heavy atom. The van der Waals surface area contributed by atoms with Crippen molar-refractivity contribution in [1.29, 1.82) is 0 Å². The third-order valence-electron chi connectivity index (χ3n) is 3.75. The first-order chi connectivity index (χ1) is 8.53. The van der Waals surface area contributed by atoms with Crippen LogP contribution < -0.4 is 5.32 Å². The number of nitrogens with zero attached hydrogens (tertiary/aromatic N) is 1. The molecule has 0 aliphatic heterocycles. The van der Waals surface area contributed by atoms with Gasteiger partial charge in [0.1, 0.15) is 6.26 Å². The topological polar surface area (TPSA) is 38.1 Å². The normalized spacial score (nSPS) is 26.7. The fraction of sp³-hybridized carbons (Fsp3) is 0.786. The number of aromatic nitrogens is 1. The maximum atomic E-state index is 5.47. The van der Waals surface area contributed by atoms with Gasteiger partial charge in [0.15, 0.2) is 0 Å². The number of hydrogen-bond donors (Lipinski definition) is 1. The first-order valence-electron chi connectivity index (χ1n) is 6.85. The molecule has 1 aliphatic rings. The predicted octanol–water partition coefficient (Wildman–Crippen LogP) is 3.63. The second-order valence-electron chi connectivity index (χ2n) is 5.87. The highest BCUT2D eigenvalue weighted by atomic mass is 32.2. The van der Waals surface area contributed by atoms with Crippen molar-refractivity contribution in [3.63, 3.8) is 0 Å². The number of thioether (sulfide) groups is 1. The highest BCUT2D eigenvalue weighted by molar-refractivity contribution is 7.99. The maximum Gasteiger partial charge on any atom is 0.256 e. The lowest BCUT2D eigenvalue weighted by molar-refractivity contribution is 0.287. The summed E-state index contributed by atoms with van der Waals surface area (Å²) in [4.78, 5) is 4.41. The molecule has 1 aromatic heterocycles. The predicted molar refractivity (Wildman–Crippen MR) is 76.0 cm³/mol. The molecule has 1 aromatic rings. The van der Waals surface area contributed by atoms with Crippen LogP contribution in [0.15, 0.2) is 15.9 Å². The van der Waals surface area contributed by atoms with Gasteiger partial charge in [-0.3, -0.25) is 0 Å². The Hall–Kier alpha value is -0.480. The van der Waals surface area contributed by atoms with Gasteiger partial charge in [0, 0.05) is 11.3 Å². The molecular formula is C14H24N2OS. The average molecular weight is 268 g/mol. The Bertz CT molecular complexity index is 389. The molecule has 1 N–H and O–H groups in total. The van der Waals surface area contributed by atoms with Gasteiger partial charge >= 0.3 is 0 Å². The van der Waals surface area contributed by atoms with E-state index >= 15 is 0 Å². The van der Waals surface area contributed by atoms with Crippen LogP contribution in [0.1, 0.15) is 45.7 Å². The Morgan fingerprint density at radius 3 is 2.94 bits per heavy atom. The van der Waals surface area contributed by atoms with Crippen LogP contribution in [-0.4, -0.2) is 22.8 Å². The molecule has 18 heavy (non-hydrogen) atoms. The smallest absolute Gasteiger partial charge is 0.256 e. The van der Waals surface area contributed by atoms with E-state index in [1.54, 1.807) is 18.0 Å². The number of nitrogens with one attached hydrogen (secondary N) is 1. The Balaban J connectivity index is 2.02. The summed E-state index contributed by atoms with van der Waals surface area (Å²) in [5, 5.41) is 5.10. The summed E-state index contributed by atoms with van der Waals surface area (Å²) in [7, 11) is 0. The summed E-state index contributed by atoms with van der Waals surface area (Å²) >= 11 is 1.79. The zero-order valence-corrected chi connectivity index (χ0v) is 12.6. The van der Waals surface area contributed by atoms with Crippen LogP contribution in [0.2, 0.25) is 0 Å². The van der Waals surface area contributed by atoms with Gasteiger partial charge in [-0.25, -0.2) is 4.98 Å². The third-order valence-corrected chi connectivity index (χ3v) is 4.95. The van der Waals surface area contributed by atoms with Crippen molar-refractivity contribution in [2.45, 2.75) is 63.5 Å². The monoisotopic (exact) mass is 268 g/mol. The number of rotatable bonds is 5. The first-order valence-corrected chi connectivity index (χ1v) is 7.73. The van der Waals surface area contributed by atoms with E-state index in [2.05, 4.69) is 31.1 Å². The fourth-order valence-corrected chi connectivity index (χ4v) is 4.09. The van der Waals surface area contributed by atoms with E-state index in [9.17, 15) is 0 Å². The van der Waals surface area contributed by atoms with E-state index in [1.165, 1.54) is 19.3 Å². The lowest BCUT2D eigenvalue weighted by Gasteiger charge is -2.31. The summed E-state index contributed by atoms with van der Waals surface area (Å²) in [6.45, 7) is 10.0. The van der Waals surface area contributed by atoms with E-state index in [1.807, 2.05) is 6.92 Å². The Kier molecular flexibility index (Phi) is 4.38. The molecule has 0 radical (unpaired) electrons. The lowest BCUT2D eigenvalue weighted by Crippen LogP contribution is -2.43. The molecule has 1 saturated carbocycles. The number of aryl methyl sites for hydroxylation is 1. The van der Waals surface area contributed by atoms with Crippen molar-refractivity contribution in [3.8, 4) is 0 Å². The zero-order chi connectivity index (χ0) is 13.2. The highest BCUT2D eigenvalue weighted by Crippen LogP contribution is 2.44. The minimum absolute atomic E-state index is 0.370. The highest BCUT2D eigenvalue weighted by Gasteiger charge is 2.42. The minimum Gasteiger partial charge on any atom is -0.440 e. The first kappa shape index (κ1) is 13.9. The molecule has 2 atom stereocenters. The molecule has 0 amide bonds. The van der Waals surface area contributed by atoms with Crippen LogP contribution >= 0.6 is 11.8 Å². The molecule has 102 valence electrons. The van der Waals surface area contributed by atoms with Gasteiger partial charge in [-0.1, -0.05) is 32.5 Å². The average Bonchev–Trinajstić information content (AvgIpc) is 2.82. The van der Waals surface area contributed by atoms with Crippen LogP contribution in [-0.2, 0) is 0 Å². The second-order valence-corrected chi connectivity index (χ2v) is 7.06. The molecule has 0 spiro atoms. The standard InChI is InChI=1S/C14H24N2OS/c1-5-8-15-12-11(6-7-14(12,3)4)18-13-16-10(2)9-17-13/h9,11-12,15H,5-8H2,1-4H3. The summed E-state index contributed by atoms with van der Waals surface area (Å²) in [6.07, 6.45) is 5.42. The van der Waals surface area contributed by atoms with Crippen molar-refractivity contribution in [2.24, 2.45) is 5.41 Å². The van der Waals surface area contributed by atoms with Gasteiger partial charge in [0.05, 0.1) is 5.69 Å². The van der Waals surface area contributed by atoms with E-state index in [0.717, 1.165) is 17.5 Å². The van der Waals surface area contributed by atoms with Gasteiger partial charge in [0.25, 0.3) is 5.22 Å². The lowest BCUT2D eigenvalue weighted by atomic mass is 9.87. The largest absolute Gasteiger partial charge is 0.440 e. The number of oxazole rings is 1. The molecule has 1 heterocycles. The zero-order valence-electron chi connectivity index (χ0n) is 11.8. The van der Waals surface area contributed by atoms with Crippen LogP contribution in [0.3, 0.4) is 0 Å². The maximum absolute atomic E-state index is 5.47. The fourth-order valence-electron chi connectivity index (χ4n) is 2.69. The summed E-state index contributed by atoms with van der Waals surface area (Å²) in [5.41, 5.74) is 1.34. The molecule has 0 aromatic carbocycles. The quantitative estimate of drug-likeness (QED) is 0.885. The van der Waals surface area contributed by atoms with Crippen molar-refractivity contribution in [1.82, 2.24) is 10.3 Å². The SMILES string of the molecule is CCCNC1C(Sc2nc(C)co2)CCC1(C)C. The molecule has 3 nitrogen and oxygen atoms in total. The van der Waals surface area contributed by atoms with Gasteiger partial charge in [0.2, 0.25) is 0 Å². The Morgan fingerprint density at radius 1 is 1.56 bits per heavy atom. The minimum atomic E-state index is 0.370. The number of hydrogen-bond acceptors (Lipinski definition) is 4. The summed E-state index contributed by atoms with van der Waals surface area (Å²) in [5.74, 6) is 0. The van der Waals surface area contributed by atoms with Gasteiger partial charge in [-0.2, -0.15) is 0 Å². The van der Waals surface area contributed by atoms with Crippen molar-refractivity contribution >= 4 is 11.8 Å². The van der Waals surface area contributed by atoms with Gasteiger partial charge in [-0.15, -0.1) is 0 Å². The molecule has 2 unspecified atom stereocenters. The van der Waals surface area contributed by atoms with Crippen LogP contribution in [0.4, 0.5) is 0 Å². The van der Waals surface area contributed by atoms with Crippen LogP contribution in [0, 0.1) is 12.3 Å². The van der Waals surface area contributed by atoms with E-state index in [0.29, 0.717) is 16.7 Å². The molecular weight excluding hydrogens is 244 g/mol. The molecule has 0 saturated heterocycles. The van der Waals surface area contributed by atoms with Crippen molar-refractivity contribution in [3.05, 3.63) is 12.0 Å². The van der Waals surface area contributed by atoms with Gasteiger partial charge < -0.3 is 9.73 Å². The second kappa shape index (κ2) is 5.66. The molecule has 2 rings (SSSR count). The third kappa shape index (κ3) is 3.09. The van der Waals surface area contributed by atoms with Gasteiger partial charge in [-0.05, 0) is 38.1 Å².